The SMILES string of the molecule is CC(=O)N[C@H]1C(O)O[C@H](COC(=O)C(C)(C)C)[C@H](OC(=O)C(C)(C)C)[C@@H]1O[C@@H]1O[C@H](COC(C)=O)[C@H](OC(C)=O)[C@H](OC(C)=O)[C@H]1OC(C)=O. The highest BCUT2D eigenvalue weighted by Gasteiger charge is 2.57. The first-order valence-corrected chi connectivity index (χ1v) is 15.9. The summed E-state index contributed by atoms with van der Waals surface area (Å²) >= 11 is 0. The summed E-state index contributed by atoms with van der Waals surface area (Å²) in [4.78, 5) is 86.9. The predicted molar refractivity (Wildman–Crippen MR) is 165 cm³/mol. The van der Waals surface area contributed by atoms with Gasteiger partial charge < -0.3 is 53.1 Å². The molecule has 2 rings (SSSR count). The van der Waals surface area contributed by atoms with Gasteiger partial charge in [0.05, 0.1) is 10.8 Å². The topological polar surface area (TPSA) is 235 Å². The monoisotopic (exact) mass is 719 g/mol. The highest BCUT2D eigenvalue weighted by atomic mass is 16.8. The first kappa shape index (κ1) is 42.3. The average molecular weight is 720 g/mol. The zero-order valence-corrected chi connectivity index (χ0v) is 30.2. The van der Waals surface area contributed by atoms with Crippen LogP contribution in [-0.2, 0) is 76.2 Å². The van der Waals surface area contributed by atoms with E-state index in [9.17, 15) is 38.7 Å². The van der Waals surface area contributed by atoms with Gasteiger partial charge in [-0.1, -0.05) is 0 Å². The summed E-state index contributed by atoms with van der Waals surface area (Å²) in [6.45, 7) is 13.7. The minimum Gasteiger partial charge on any atom is -0.463 e. The lowest BCUT2D eigenvalue weighted by atomic mass is 9.93. The van der Waals surface area contributed by atoms with Gasteiger partial charge in [-0.05, 0) is 41.5 Å². The fourth-order valence-corrected chi connectivity index (χ4v) is 4.87. The minimum absolute atomic E-state index is 0.555. The van der Waals surface area contributed by atoms with E-state index in [0.717, 1.165) is 34.6 Å². The largest absolute Gasteiger partial charge is 0.463 e. The molecule has 1 unspecified atom stereocenters. The maximum atomic E-state index is 13.3. The number of aliphatic hydroxyl groups excluding tert-OH is 1. The molecule has 0 aromatic carbocycles. The normalized spacial score (nSPS) is 29.8. The lowest BCUT2D eigenvalue weighted by molar-refractivity contribution is -0.344. The molecule has 18 nitrogen and oxygen atoms in total. The minimum atomic E-state index is -1.86. The van der Waals surface area contributed by atoms with E-state index in [4.69, 9.17) is 42.6 Å². The first-order valence-electron chi connectivity index (χ1n) is 15.9. The van der Waals surface area contributed by atoms with Crippen LogP contribution in [-0.4, -0.2) is 121 Å². The molecule has 284 valence electrons. The fraction of sp³-hybridized carbons (Fsp3) is 0.781. The maximum absolute atomic E-state index is 13.3. The van der Waals surface area contributed by atoms with Crippen molar-refractivity contribution in [1.82, 2.24) is 5.32 Å². The second kappa shape index (κ2) is 17.4. The molecule has 18 heteroatoms. The third-order valence-electron chi connectivity index (χ3n) is 7.12. The maximum Gasteiger partial charge on any atom is 0.311 e. The summed E-state index contributed by atoms with van der Waals surface area (Å²) in [5.74, 6) is -5.54. The smallest absolute Gasteiger partial charge is 0.311 e. The molecule has 2 saturated heterocycles. The number of hydrogen-bond acceptors (Lipinski definition) is 17. The Bertz CT molecular complexity index is 1270. The Morgan fingerprint density at radius 2 is 1.04 bits per heavy atom. The molecule has 10 atom stereocenters. The Morgan fingerprint density at radius 3 is 1.52 bits per heavy atom. The van der Waals surface area contributed by atoms with Gasteiger partial charge in [0.25, 0.3) is 0 Å². The predicted octanol–water partition coefficient (Wildman–Crippen LogP) is 0.224. The third kappa shape index (κ3) is 12.2. The van der Waals surface area contributed by atoms with Crippen LogP contribution in [0, 0.1) is 10.8 Å². The summed E-state index contributed by atoms with van der Waals surface area (Å²) in [5, 5.41) is 13.6. The Balaban J connectivity index is 2.75. The van der Waals surface area contributed by atoms with Crippen LogP contribution in [0.25, 0.3) is 0 Å². The van der Waals surface area contributed by atoms with Crippen LogP contribution < -0.4 is 5.32 Å². The molecule has 2 fully saturated rings. The molecule has 0 aromatic rings. The van der Waals surface area contributed by atoms with Gasteiger partial charge in [-0.25, -0.2) is 0 Å². The van der Waals surface area contributed by atoms with Crippen molar-refractivity contribution in [3.8, 4) is 0 Å². The number of carbonyl (C=O) groups is 7. The summed E-state index contributed by atoms with van der Waals surface area (Å²) in [7, 11) is 0. The van der Waals surface area contributed by atoms with Gasteiger partial charge in [0.15, 0.2) is 37.0 Å². The highest BCUT2D eigenvalue weighted by molar-refractivity contribution is 5.76. The zero-order valence-electron chi connectivity index (χ0n) is 30.2. The van der Waals surface area contributed by atoms with Crippen LogP contribution in [0.5, 0.6) is 0 Å². The van der Waals surface area contributed by atoms with Crippen LogP contribution in [0.3, 0.4) is 0 Å². The molecular formula is C32H49NO17. The van der Waals surface area contributed by atoms with Crippen LogP contribution in [0.1, 0.15) is 76.2 Å². The van der Waals surface area contributed by atoms with Crippen LogP contribution >= 0.6 is 0 Å². The number of ether oxygens (including phenoxy) is 9. The van der Waals surface area contributed by atoms with Gasteiger partial charge in [0, 0.05) is 34.6 Å². The van der Waals surface area contributed by atoms with Gasteiger partial charge in [-0.3, -0.25) is 33.6 Å². The van der Waals surface area contributed by atoms with Crippen molar-refractivity contribution < 1.29 is 81.3 Å². The van der Waals surface area contributed by atoms with Gasteiger partial charge >= 0.3 is 35.8 Å². The molecule has 50 heavy (non-hydrogen) atoms. The molecular weight excluding hydrogens is 670 g/mol. The second-order valence-electron chi connectivity index (χ2n) is 13.9. The quantitative estimate of drug-likeness (QED) is 0.215. The van der Waals surface area contributed by atoms with Crippen LogP contribution in [0.4, 0.5) is 0 Å². The number of amides is 1. The second-order valence-corrected chi connectivity index (χ2v) is 13.9. The van der Waals surface area contributed by atoms with E-state index in [1.54, 1.807) is 41.5 Å². The summed E-state index contributed by atoms with van der Waals surface area (Å²) in [5.41, 5.74) is -2.06. The number of rotatable bonds is 11. The summed E-state index contributed by atoms with van der Waals surface area (Å²) < 4.78 is 50.8. The zero-order chi connectivity index (χ0) is 38.3. The fourth-order valence-electron chi connectivity index (χ4n) is 4.87. The molecule has 0 bridgehead atoms. The van der Waals surface area contributed by atoms with Crippen LogP contribution in [0.2, 0.25) is 0 Å². The molecule has 2 aliphatic rings. The van der Waals surface area contributed by atoms with Gasteiger partial charge in [0.2, 0.25) is 5.91 Å². The van der Waals surface area contributed by atoms with Crippen LogP contribution in [0.15, 0.2) is 0 Å². The van der Waals surface area contributed by atoms with Gasteiger partial charge in [0.1, 0.15) is 37.6 Å². The number of esters is 6. The first-order chi connectivity index (χ1) is 22.9. The molecule has 2 aliphatic heterocycles. The number of carbonyl (C=O) groups excluding carboxylic acids is 7. The van der Waals surface area contributed by atoms with E-state index in [1.165, 1.54) is 0 Å². The third-order valence-corrected chi connectivity index (χ3v) is 7.12. The van der Waals surface area contributed by atoms with Crippen molar-refractivity contribution in [3.63, 3.8) is 0 Å². The van der Waals surface area contributed by atoms with Crippen molar-refractivity contribution in [2.24, 2.45) is 10.8 Å². The number of nitrogens with one attached hydrogen (secondary N) is 1. The summed E-state index contributed by atoms with van der Waals surface area (Å²) in [6.07, 6.45) is -14.5. The lowest BCUT2D eigenvalue weighted by Crippen LogP contribution is -2.69. The molecule has 2 N–H and O–H groups in total. The molecule has 0 aliphatic carbocycles. The van der Waals surface area contributed by atoms with Crippen molar-refractivity contribution in [2.45, 2.75) is 138 Å². The molecule has 2 heterocycles. The van der Waals surface area contributed by atoms with E-state index in [-0.39, 0.29) is 0 Å². The Morgan fingerprint density at radius 1 is 0.580 bits per heavy atom. The highest BCUT2D eigenvalue weighted by Crippen LogP contribution is 2.35. The number of hydrogen-bond donors (Lipinski definition) is 2. The Kier molecular flexibility index (Phi) is 14.7. The lowest BCUT2D eigenvalue weighted by Gasteiger charge is -2.49. The van der Waals surface area contributed by atoms with E-state index < -0.39 is 127 Å². The summed E-state index contributed by atoms with van der Waals surface area (Å²) in [6, 6.07) is -1.51. The molecule has 0 spiro atoms. The number of aliphatic hydroxyl groups is 1. The van der Waals surface area contributed by atoms with Gasteiger partial charge in [-0.2, -0.15) is 0 Å². The molecule has 0 aromatic heterocycles. The molecule has 1 amide bonds. The molecule has 0 radical (unpaired) electrons. The standard InChI is InChI=1S/C32H49NO17/c1-14(34)33-21-24(22(50-30(41)32(9,10)11)19(47-27(21)39)13-43-29(40)31(6,7)8)49-28-26(46-18(5)38)25(45-17(4)37)23(44-16(3)36)20(48-28)12-42-15(2)35/h19-28,39H,12-13H2,1-11H3,(H,33,34)/t19-,20-,21-,22+,23+,24-,25+,26-,27?,28+/m1/s1. The van der Waals surface area contributed by atoms with E-state index >= 15 is 0 Å². The van der Waals surface area contributed by atoms with Crippen molar-refractivity contribution in [1.29, 1.82) is 0 Å². The van der Waals surface area contributed by atoms with E-state index in [1.807, 2.05) is 0 Å². The van der Waals surface area contributed by atoms with Crippen molar-refractivity contribution in [3.05, 3.63) is 0 Å². The van der Waals surface area contributed by atoms with Gasteiger partial charge in [-0.15, -0.1) is 0 Å². The van der Waals surface area contributed by atoms with E-state index in [2.05, 4.69) is 5.32 Å². The molecule has 0 saturated carbocycles. The average Bonchev–Trinajstić information content (AvgIpc) is 2.94. The van der Waals surface area contributed by atoms with E-state index in [0.29, 0.717) is 0 Å². The van der Waals surface area contributed by atoms with Crippen molar-refractivity contribution in [2.75, 3.05) is 13.2 Å². The van der Waals surface area contributed by atoms with Crippen molar-refractivity contribution >= 4 is 41.7 Å². The Labute approximate surface area is 290 Å². The Hall–Kier alpha value is -3.87.